The lowest BCUT2D eigenvalue weighted by Crippen LogP contribution is -2.16. The molecule has 0 aliphatic heterocycles. The first kappa shape index (κ1) is 18.5. The number of ether oxygens (including phenoxy) is 2. The maximum Gasteiger partial charge on any atom is 0.126 e. The van der Waals surface area contributed by atoms with Crippen molar-refractivity contribution in [3.05, 3.63) is 107 Å². The van der Waals surface area contributed by atoms with E-state index >= 15 is 0 Å². The van der Waals surface area contributed by atoms with Crippen molar-refractivity contribution in [3.8, 4) is 33.8 Å². The summed E-state index contributed by atoms with van der Waals surface area (Å²) in [4.78, 5) is 0. The third kappa shape index (κ3) is 2.63. The molecule has 0 spiro atoms. The minimum Gasteiger partial charge on any atom is -0.496 e. The normalized spacial score (nSPS) is 17.5. The fourth-order valence-electron chi connectivity index (χ4n) is 5.31. The van der Waals surface area contributed by atoms with Crippen molar-refractivity contribution < 1.29 is 9.47 Å². The Hall–Kier alpha value is -3.30. The van der Waals surface area contributed by atoms with Gasteiger partial charge in [-0.3, -0.25) is 0 Å². The van der Waals surface area contributed by atoms with E-state index in [2.05, 4.69) is 84.9 Å². The van der Waals surface area contributed by atoms with Gasteiger partial charge in [0, 0.05) is 22.2 Å². The second-order valence-corrected chi connectivity index (χ2v) is 9.54. The maximum atomic E-state index is 5.76. The van der Waals surface area contributed by atoms with Gasteiger partial charge in [0.2, 0.25) is 0 Å². The molecule has 4 aromatic rings. The van der Waals surface area contributed by atoms with Crippen LogP contribution in [0, 0.1) is 0 Å². The van der Waals surface area contributed by atoms with Crippen molar-refractivity contribution >= 4 is 9.52 Å². The quantitative estimate of drug-likeness (QED) is 0.365. The van der Waals surface area contributed by atoms with Crippen molar-refractivity contribution in [2.24, 2.45) is 0 Å². The third-order valence-corrected chi connectivity index (χ3v) is 8.51. The zero-order chi connectivity index (χ0) is 20.9. The summed E-state index contributed by atoms with van der Waals surface area (Å²) in [5.41, 5.74) is 11.4. The fraction of sp³-hybridized carbons (Fsp3) is 0.143. The van der Waals surface area contributed by atoms with E-state index in [4.69, 9.17) is 9.47 Å². The Morgan fingerprint density at radius 2 is 0.935 bits per heavy atom. The Kier molecular flexibility index (Phi) is 4.25. The van der Waals surface area contributed by atoms with E-state index in [9.17, 15) is 0 Å². The van der Waals surface area contributed by atoms with E-state index in [1.165, 1.54) is 44.5 Å². The number of rotatable bonds is 4. The largest absolute Gasteiger partial charge is 0.496 e. The summed E-state index contributed by atoms with van der Waals surface area (Å²) in [5.74, 6) is 1.93. The van der Waals surface area contributed by atoms with Crippen LogP contribution >= 0.6 is 0 Å². The fourth-order valence-corrected chi connectivity index (χ4v) is 7.34. The van der Waals surface area contributed by atoms with E-state index in [0.717, 1.165) is 11.5 Å². The van der Waals surface area contributed by atoms with Crippen LogP contribution in [0.1, 0.15) is 33.3 Å². The van der Waals surface area contributed by atoms with Crippen molar-refractivity contribution in [1.29, 1.82) is 0 Å². The summed E-state index contributed by atoms with van der Waals surface area (Å²) < 4.78 is 11.5. The minimum absolute atomic E-state index is 0.358. The maximum absolute atomic E-state index is 5.76. The van der Waals surface area contributed by atoms with E-state index in [1.807, 2.05) is 0 Å². The molecule has 0 saturated carbocycles. The predicted octanol–water partition coefficient (Wildman–Crippen LogP) is 6.25. The van der Waals surface area contributed by atoms with Crippen molar-refractivity contribution in [3.63, 3.8) is 0 Å². The zero-order valence-corrected chi connectivity index (χ0v) is 18.6. The molecule has 6 rings (SSSR count). The summed E-state index contributed by atoms with van der Waals surface area (Å²) in [6, 6.07) is 30.6. The first-order valence-electron chi connectivity index (χ1n) is 10.6. The van der Waals surface area contributed by atoms with Gasteiger partial charge in [-0.1, -0.05) is 72.8 Å². The average Bonchev–Trinajstić information content (AvgIpc) is 3.33. The van der Waals surface area contributed by atoms with Crippen LogP contribution in [-0.4, -0.2) is 23.7 Å². The Bertz CT molecular complexity index is 1210. The number of fused-ring (bicyclic) bond motifs is 6. The number of hydrogen-bond donors (Lipinski definition) is 0. The first-order valence-corrected chi connectivity index (χ1v) is 11.8. The summed E-state index contributed by atoms with van der Waals surface area (Å²) in [6.07, 6.45) is 0. The molecule has 2 aliphatic carbocycles. The van der Waals surface area contributed by atoms with E-state index < -0.39 is 0 Å². The lowest BCUT2D eigenvalue weighted by molar-refractivity contribution is 0.416. The first-order chi connectivity index (χ1) is 15.3. The van der Waals surface area contributed by atoms with Crippen molar-refractivity contribution in [1.82, 2.24) is 0 Å². The van der Waals surface area contributed by atoms with E-state index in [-0.39, 0.29) is 0 Å². The highest BCUT2D eigenvalue weighted by Crippen LogP contribution is 2.53. The summed E-state index contributed by atoms with van der Waals surface area (Å²) >= 11 is 0. The molecular formula is C28H22O2Si. The van der Waals surface area contributed by atoms with Gasteiger partial charge in [0.05, 0.1) is 23.7 Å². The van der Waals surface area contributed by atoms with Crippen LogP contribution in [0.15, 0.2) is 84.9 Å². The average molecular weight is 419 g/mol. The van der Waals surface area contributed by atoms with E-state index in [1.54, 1.807) is 14.2 Å². The Labute approximate surface area is 185 Å². The van der Waals surface area contributed by atoms with Gasteiger partial charge in [-0.2, -0.15) is 0 Å². The lowest BCUT2D eigenvalue weighted by atomic mass is 10.1. The third-order valence-electron chi connectivity index (χ3n) is 6.59. The second-order valence-electron chi connectivity index (χ2n) is 8.06. The number of hydrogen-bond acceptors (Lipinski definition) is 2. The molecule has 2 radical (unpaired) electrons. The highest BCUT2D eigenvalue weighted by molar-refractivity contribution is 6.44. The Balaban J connectivity index is 1.52. The molecule has 2 atom stereocenters. The SMILES string of the molecule is COc1cccc2c1-c1ccccc1C2[Si]C1c2ccccc2-c2c(OC)cccc21. The van der Waals surface area contributed by atoms with Crippen molar-refractivity contribution in [2.75, 3.05) is 14.2 Å². The van der Waals surface area contributed by atoms with E-state index in [0.29, 0.717) is 20.6 Å². The molecule has 2 unspecified atom stereocenters. The molecule has 2 nitrogen and oxygen atoms in total. The van der Waals surface area contributed by atoms with Crippen LogP contribution in [0.3, 0.4) is 0 Å². The molecule has 0 bridgehead atoms. The van der Waals surface area contributed by atoms with Crippen LogP contribution in [-0.2, 0) is 0 Å². The minimum atomic E-state index is 0.358. The number of methoxy groups -OCH3 is 2. The Morgan fingerprint density at radius 3 is 1.39 bits per heavy atom. The van der Waals surface area contributed by atoms with Crippen LogP contribution in [0.5, 0.6) is 11.5 Å². The van der Waals surface area contributed by atoms with Crippen LogP contribution in [0.2, 0.25) is 0 Å². The zero-order valence-electron chi connectivity index (χ0n) is 17.6. The van der Waals surface area contributed by atoms with Crippen LogP contribution in [0.25, 0.3) is 22.3 Å². The second kappa shape index (κ2) is 7.14. The van der Waals surface area contributed by atoms with Gasteiger partial charge in [-0.05, 0) is 45.5 Å². The summed E-state index contributed by atoms with van der Waals surface area (Å²) in [5, 5.41) is 0. The molecule has 0 amide bonds. The van der Waals surface area contributed by atoms with Gasteiger partial charge >= 0.3 is 0 Å². The molecule has 31 heavy (non-hydrogen) atoms. The summed E-state index contributed by atoms with van der Waals surface area (Å²) in [7, 11) is 4.23. The monoisotopic (exact) mass is 418 g/mol. The smallest absolute Gasteiger partial charge is 0.126 e. The lowest BCUT2D eigenvalue weighted by Gasteiger charge is -2.20. The molecule has 150 valence electrons. The van der Waals surface area contributed by atoms with Gasteiger partial charge in [0.25, 0.3) is 0 Å². The van der Waals surface area contributed by atoms with Gasteiger partial charge in [0.15, 0.2) is 0 Å². The van der Waals surface area contributed by atoms with Crippen molar-refractivity contribution in [2.45, 2.75) is 11.1 Å². The Morgan fingerprint density at radius 1 is 0.516 bits per heavy atom. The van der Waals surface area contributed by atoms with Gasteiger partial charge in [-0.15, -0.1) is 0 Å². The molecule has 0 aromatic heterocycles. The van der Waals surface area contributed by atoms with Gasteiger partial charge in [0.1, 0.15) is 11.5 Å². The molecule has 4 aromatic carbocycles. The number of benzene rings is 4. The highest BCUT2D eigenvalue weighted by atomic mass is 28.2. The van der Waals surface area contributed by atoms with Gasteiger partial charge < -0.3 is 9.47 Å². The summed E-state index contributed by atoms with van der Waals surface area (Å²) in [6.45, 7) is 0. The molecular weight excluding hydrogens is 396 g/mol. The topological polar surface area (TPSA) is 18.5 Å². The standard InChI is InChI=1S/C28H22O2Si/c1-29-23-15-7-13-21-25(23)17-9-3-5-11-19(17)27(21)31-28-20-12-6-4-10-18(20)26-22(28)14-8-16-24(26)30-2/h3-16,27-28H,1-2H3. The molecule has 0 fully saturated rings. The molecule has 0 saturated heterocycles. The van der Waals surface area contributed by atoms with Crippen LogP contribution < -0.4 is 9.47 Å². The van der Waals surface area contributed by atoms with Gasteiger partial charge in [-0.25, -0.2) is 0 Å². The molecule has 0 heterocycles. The highest BCUT2D eigenvalue weighted by Gasteiger charge is 2.38. The molecule has 3 heteroatoms. The molecule has 2 aliphatic rings. The van der Waals surface area contributed by atoms with Crippen LogP contribution in [0.4, 0.5) is 0 Å². The predicted molar refractivity (Wildman–Crippen MR) is 126 cm³/mol. The molecule has 0 N–H and O–H groups in total.